The molecule has 2 nitrogen and oxygen atoms in total. The molecular formula is C17H15NO. The van der Waals surface area contributed by atoms with Gasteiger partial charge in [0.25, 0.3) is 0 Å². The van der Waals surface area contributed by atoms with Crippen molar-refractivity contribution >= 4 is 10.9 Å². The minimum absolute atomic E-state index is 0.438. The molecule has 0 saturated heterocycles. The molecule has 0 unspecified atom stereocenters. The number of phenolic OH excluding ortho intramolecular Hbond substituents is 1. The average Bonchev–Trinajstić information content (AvgIpc) is 2.93. The quantitative estimate of drug-likeness (QED) is 0.484. The predicted molar refractivity (Wildman–Crippen MR) is 77.7 cm³/mol. The summed E-state index contributed by atoms with van der Waals surface area (Å²) >= 11 is 0. The van der Waals surface area contributed by atoms with Crippen molar-refractivity contribution in [3.8, 4) is 17.0 Å². The lowest BCUT2D eigenvalue weighted by atomic mass is 9.98. The van der Waals surface area contributed by atoms with Crippen molar-refractivity contribution in [2.24, 2.45) is 0 Å². The van der Waals surface area contributed by atoms with Crippen LogP contribution in [0.2, 0.25) is 0 Å². The summed E-state index contributed by atoms with van der Waals surface area (Å²) in [5.41, 5.74) is 8.25. The molecule has 1 aliphatic carbocycles. The summed E-state index contributed by atoms with van der Waals surface area (Å²) in [6.07, 6.45) is 0.911. The summed E-state index contributed by atoms with van der Waals surface area (Å²) in [6, 6.07) is 10.5. The zero-order valence-electron chi connectivity index (χ0n) is 11.0. The van der Waals surface area contributed by atoms with Crippen LogP contribution in [0.3, 0.4) is 0 Å². The molecule has 19 heavy (non-hydrogen) atoms. The number of phenols is 1. The van der Waals surface area contributed by atoms with Gasteiger partial charge in [0.2, 0.25) is 0 Å². The van der Waals surface area contributed by atoms with Crippen LogP contribution in [0.25, 0.3) is 22.2 Å². The molecule has 1 aromatic heterocycles. The third-order valence-electron chi connectivity index (χ3n) is 4.30. The van der Waals surface area contributed by atoms with Gasteiger partial charge >= 0.3 is 0 Å². The smallest absolute Gasteiger partial charge is 0.121 e. The van der Waals surface area contributed by atoms with Crippen LogP contribution >= 0.6 is 0 Å². The molecule has 94 valence electrons. The molecule has 1 aliphatic rings. The maximum atomic E-state index is 10.1. The molecule has 0 amide bonds. The summed E-state index contributed by atoms with van der Waals surface area (Å²) in [6.45, 7) is 3.97. The number of aromatic nitrogens is 1. The first kappa shape index (κ1) is 10.7. The van der Waals surface area contributed by atoms with Crippen molar-refractivity contribution in [1.29, 1.82) is 0 Å². The van der Waals surface area contributed by atoms with E-state index in [4.69, 9.17) is 0 Å². The third-order valence-corrected chi connectivity index (χ3v) is 4.30. The number of hydrogen-bond donors (Lipinski definition) is 2. The molecular weight excluding hydrogens is 234 g/mol. The van der Waals surface area contributed by atoms with E-state index in [-0.39, 0.29) is 0 Å². The normalized spacial score (nSPS) is 12.7. The van der Waals surface area contributed by atoms with Crippen LogP contribution in [-0.4, -0.2) is 10.1 Å². The lowest BCUT2D eigenvalue weighted by Gasteiger charge is -2.10. The number of para-hydroxylation sites is 1. The van der Waals surface area contributed by atoms with Crippen LogP contribution in [0.1, 0.15) is 22.3 Å². The Labute approximate surface area is 111 Å². The van der Waals surface area contributed by atoms with Crippen molar-refractivity contribution < 1.29 is 5.11 Å². The van der Waals surface area contributed by atoms with Crippen molar-refractivity contribution in [1.82, 2.24) is 4.98 Å². The van der Waals surface area contributed by atoms with Gasteiger partial charge in [-0.2, -0.15) is 0 Å². The summed E-state index contributed by atoms with van der Waals surface area (Å²) in [5, 5.41) is 11.4. The topological polar surface area (TPSA) is 36.0 Å². The van der Waals surface area contributed by atoms with Gasteiger partial charge in [0.05, 0.1) is 5.69 Å². The molecule has 2 aromatic carbocycles. The first-order valence-electron chi connectivity index (χ1n) is 6.59. The number of H-pyrrole nitrogens is 1. The molecule has 0 atom stereocenters. The second kappa shape index (κ2) is 3.41. The van der Waals surface area contributed by atoms with E-state index in [1.165, 1.54) is 33.3 Å². The number of aromatic amines is 1. The van der Waals surface area contributed by atoms with Crippen LogP contribution in [-0.2, 0) is 6.42 Å². The highest BCUT2D eigenvalue weighted by molar-refractivity contribution is 5.95. The van der Waals surface area contributed by atoms with Gasteiger partial charge in [0, 0.05) is 22.9 Å². The second-order valence-electron chi connectivity index (χ2n) is 5.39. The van der Waals surface area contributed by atoms with Crippen LogP contribution in [0.5, 0.6) is 5.75 Å². The van der Waals surface area contributed by atoms with Crippen molar-refractivity contribution in [2.45, 2.75) is 20.3 Å². The Bertz CT molecular complexity index is 827. The third kappa shape index (κ3) is 1.26. The first-order chi connectivity index (χ1) is 9.16. The molecule has 2 N–H and O–H groups in total. The van der Waals surface area contributed by atoms with Crippen LogP contribution < -0.4 is 0 Å². The molecule has 4 rings (SSSR count). The van der Waals surface area contributed by atoms with E-state index in [0.717, 1.165) is 17.5 Å². The number of aryl methyl sites for hydroxylation is 1. The molecule has 3 aromatic rings. The number of nitrogens with one attached hydrogen (secondary N) is 1. The summed E-state index contributed by atoms with van der Waals surface area (Å²) < 4.78 is 0. The van der Waals surface area contributed by atoms with Crippen LogP contribution in [0.4, 0.5) is 0 Å². The number of aromatic hydroxyl groups is 1. The van der Waals surface area contributed by atoms with Crippen molar-refractivity contribution in [2.75, 3.05) is 0 Å². The van der Waals surface area contributed by atoms with E-state index in [0.29, 0.717) is 5.75 Å². The zero-order valence-corrected chi connectivity index (χ0v) is 11.0. The van der Waals surface area contributed by atoms with Gasteiger partial charge < -0.3 is 10.1 Å². The van der Waals surface area contributed by atoms with Gasteiger partial charge in [-0.15, -0.1) is 0 Å². The van der Waals surface area contributed by atoms with E-state index in [2.05, 4.69) is 35.3 Å². The van der Waals surface area contributed by atoms with Gasteiger partial charge in [-0.1, -0.05) is 18.2 Å². The standard InChI is InChI=1S/C17H15NO/c1-9-7-13-12(10(2)17(9)19)8-14-11-5-3-4-6-15(11)18-16(13)14/h3-7,18-19H,8H2,1-2H3. The fourth-order valence-electron chi connectivity index (χ4n) is 3.25. The Balaban J connectivity index is 2.08. The first-order valence-corrected chi connectivity index (χ1v) is 6.59. The van der Waals surface area contributed by atoms with E-state index in [1.807, 2.05) is 13.8 Å². The molecule has 0 bridgehead atoms. The molecule has 0 aliphatic heterocycles. The Morgan fingerprint density at radius 2 is 1.89 bits per heavy atom. The highest BCUT2D eigenvalue weighted by atomic mass is 16.3. The molecule has 0 fully saturated rings. The Kier molecular flexibility index (Phi) is 1.92. The van der Waals surface area contributed by atoms with Gasteiger partial charge in [0.15, 0.2) is 0 Å². The lowest BCUT2D eigenvalue weighted by molar-refractivity contribution is 0.466. The maximum absolute atomic E-state index is 10.1. The Morgan fingerprint density at radius 3 is 2.74 bits per heavy atom. The predicted octanol–water partition coefficient (Wildman–Crippen LogP) is 4.06. The average molecular weight is 249 g/mol. The number of rotatable bonds is 0. The largest absolute Gasteiger partial charge is 0.507 e. The highest BCUT2D eigenvalue weighted by Crippen LogP contribution is 2.44. The molecule has 0 saturated carbocycles. The van der Waals surface area contributed by atoms with E-state index >= 15 is 0 Å². The van der Waals surface area contributed by atoms with Gasteiger partial charge in [-0.05, 0) is 48.2 Å². The number of benzene rings is 2. The molecule has 2 heteroatoms. The van der Waals surface area contributed by atoms with Crippen LogP contribution in [0, 0.1) is 13.8 Å². The number of fused-ring (bicyclic) bond motifs is 5. The minimum atomic E-state index is 0.438. The molecule has 1 heterocycles. The summed E-state index contributed by atoms with van der Waals surface area (Å²) in [5.74, 6) is 0.438. The summed E-state index contributed by atoms with van der Waals surface area (Å²) in [4.78, 5) is 3.52. The number of hydrogen-bond acceptors (Lipinski definition) is 1. The van der Waals surface area contributed by atoms with E-state index in [1.54, 1.807) is 0 Å². The van der Waals surface area contributed by atoms with Crippen molar-refractivity contribution in [3.63, 3.8) is 0 Å². The minimum Gasteiger partial charge on any atom is -0.507 e. The summed E-state index contributed by atoms with van der Waals surface area (Å²) in [7, 11) is 0. The second-order valence-corrected chi connectivity index (χ2v) is 5.39. The SMILES string of the molecule is Cc1cc2c(c(C)c1O)Cc1c-2[nH]c2ccccc12. The fourth-order valence-corrected chi connectivity index (χ4v) is 3.25. The van der Waals surface area contributed by atoms with Crippen molar-refractivity contribution in [3.05, 3.63) is 52.6 Å². The van der Waals surface area contributed by atoms with Gasteiger partial charge in [-0.3, -0.25) is 0 Å². The van der Waals surface area contributed by atoms with E-state index < -0.39 is 0 Å². The van der Waals surface area contributed by atoms with Gasteiger partial charge in [0.1, 0.15) is 5.75 Å². The fraction of sp³-hybridized carbons (Fsp3) is 0.176. The molecule has 0 spiro atoms. The lowest BCUT2D eigenvalue weighted by Crippen LogP contribution is -1.91. The monoisotopic (exact) mass is 249 g/mol. The Hall–Kier alpha value is -2.22. The van der Waals surface area contributed by atoms with E-state index in [9.17, 15) is 5.11 Å². The van der Waals surface area contributed by atoms with Crippen LogP contribution in [0.15, 0.2) is 30.3 Å². The Morgan fingerprint density at radius 1 is 1.11 bits per heavy atom. The molecule has 0 radical (unpaired) electrons. The highest BCUT2D eigenvalue weighted by Gasteiger charge is 2.26. The van der Waals surface area contributed by atoms with Gasteiger partial charge in [-0.25, -0.2) is 0 Å². The zero-order chi connectivity index (χ0) is 13.1. The maximum Gasteiger partial charge on any atom is 0.121 e.